The fourth-order valence-electron chi connectivity index (χ4n) is 2.80. The summed E-state index contributed by atoms with van der Waals surface area (Å²) in [5.41, 5.74) is 0.683. The van der Waals surface area contributed by atoms with Gasteiger partial charge in [0.05, 0.1) is 11.5 Å². The molecule has 21 heavy (non-hydrogen) atoms. The molecule has 116 valence electrons. The minimum atomic E-state index is 0.0312. The molecule has 2 atom stereocenters. The first-order chi connectivity index (χ1) is 9.99. The van der Waals surface area contributed by atoms with Gasteiger partial charge in [-0.2, -0.15) is 0 Å². The number of benzene rings is 1. The third kappa shape index (κ3) is 4.13. The Balaban J connectivity index is 2.04. The Bertz CT molecular complexity index is 472. The van der Waals surface area contributed by atoms with E-state index < -0.39 is 0 Å². The van der Waals surface area contributed by atoms with Gasteiger partial charge in [0.15, 0.2) is 0 Å². The van der Waals surface area contributed by atoms with Gasteiger partial charge >= 0.3 is 0 Å². The van der Waals surface area contributed by atoms with Crippen molar-refractivity contribution in [2.45, 2.75) is 57.1 Å². The predicted octanol–water partition coefficient (Wildman–Crippen LogP) is 4.10. The monoisotopic (exact) mass is 309 g/mol. The number of amides is 1. The number of carbonyl (C=O) groups is 1. The van der Waals surface area contributed by atoms with Crippen molar-refractivity contribution in [2.75, 3.05) is 7.05 Å². The van der Waals surface area contributed by atoms with Gasteiger partial charge in [-0.1, -0.05) is 12.8 Å². The summed E-state index contributed by atoms with van der Waals surface area (Å²) < 4.78 is 5.60. The molecule has 1 saturated carbocycles. The molecule has 1 aliphatic rings. The largest absolute Gasteiger partial charge is 0.491 e. The number of alkyl halides is 1. The number of carbonyl (C=O) groups excluding carboxylic acids is 1. The Morgan fingerprint density at radius 3 is 2.43 bits per heavy atom. The second-order valence-electron chi connectivity index (χ2n) is 5.97. The van der Waals surface area contributed by atoms with Crippen LogP contribution in [0.1, 0.15) is 49.9 Å². The first-order valence-corrected chi connectivity index (χ1v) is 8.10. The van der Waals surface area contributed by atoms with Crippen molar-refractivity contribution in [1.29, 1.82) is 0 Å². The number of hydrogen-bond acceptors (Lipinski definition) is 2. The Morgan fingerprint density at radius 1 is 1.24 bits per heavy atom. The Kier molecular flexibility index (Phi) is 5.51. The number of halogens is 1. The zero-order valence-electron chi connectivity index (χ0n) is 13.0. The highest BCUT2D eigenvalue weighted by molar-refractivity contribution is 6.21. The molecule has 2 rings (SSSR count). The van der Waals surface area contributed by atoms with Gasteiger partial charge in [-0.3, -0.25) is 4.79 Å². The van der Waals surface area contributed by atoms with E-state index in [4.69, 9.17) is 16.3 Å². The third-order valence-corrected chi connectivity index (χ3v) is 4.45. The smallest absolute Gasteiger partial charge is 0.253 e. The lowest BCUT2D eigenvalue weighted by molar-refractivity contribution is 0.0700. The van der Waals surface area contributed by atoms with E-state index in [-0.39, 0.29) is 23.4 Å². The summed E-state index contributed by atoms with van der Waals surface area (Å²) in [4.78, 5) is 14.4. The standard InChI is InChI=1S/C17H24ClNO2/c1-12(2)21-14-10-8-13(9-11-14)17(20)19(3)16-7-5-4-6-15(16)18/h8-12,15-16H,4-7H2,1-3H3. The Morgan fingerprint density at radius 2 is 1.86 bits per heavy atom. The van der Waals surface area contributed by atoms with Crippen molar-refractivity contribution in [2.24, 2.45) is 0 Å². The van der Waals surface area contributed by atoms with Crippen LogP contribution in [0.3, 0.4) is 0 Å². The lowest BCUT2D eigenvalue weighted by Crippen LogP contribution is -2.44. The van der Waals surface area contributed by atoms with Crippen molar-refractivity contribution >= 4 is 17.5 Å². The van der Waals surface area contributed by atoms with Crippen LogP contribution in [-0.2, 0) is 0 Å². The normalized spacial score (nSPS) is 22.1. The molecule has 0 aliphatic heterocycles. The van der Waals surface area contributed by atoms with Gasteiger partial charge in [-0.25, -0.2) is 0 Å². The quantitative estimate of drug-likeness (QED) is 0.784. The zero-order valence-corrected chi connectivity index (χ0v) is 13.8. The molecule has 0 bridgehead atoms. The molecule has 1 aliphatic carbocycles. The lowest BCUT2D eigenvalue weighted by Gasteiger charge is -2.35. The van der Waals surface area contributed by atoms with Crippen molar-refractivity contribution in [3.8, 4) is 5.75 Å². The van der Waals surface area contributed by atoms with E-state index in [1.165, 1.54) is 0 Å². The van der Waals surface area contributed by atoms with Crippen molar-refractivity contribution < 1.29 is 9.53 Å². The maximum Gasteiger partial charge on any atom is 0.253 e. The van der Waals surface area contributed by atoms with Gasteiger partial charge in [-0.05, 0) is 51.0 Å². The second-order valence-corrected chi connectivity index (χ2v) is 6.54. The Hall–Kier alpha value is -1.22. The highest BCUT2D eigenvalue weighted by Gasteiger charge is 2.29. The van der Waals surface area contributed by atoms with Crippen LogP contribution in [0.2, 0.25) is 0 Å². The average Bonchev–Trinajstić information content (AvgIpc) is 2.46. The highest BCUT2D eigenvalue weighted by atomic mass is 35.5. The zero-order chi connectivity index (χ0) is 15.4. The van der Waals surface area contributed by atoms with Crippen LogP contribution in [-0.4, -0.2) is 35.4 Å². The molecular weight excluding hydrogens is 286 g/mol. The maximum absolute atomic E-state index is 12.5. The maximum atomic E-state index is 12.5. The molecule has 4 heteroatoms. The summed E-state index contributed by atoms with van der Waals surface area (Å²) in [6.07, 6.45) is 4.42. The fourth-order valence-corrected chi connectivity index (χ4v) is 3.25. The van der Waals surface area contributed by atoms with Crippen LogP contribution in [0.15, 0.2) is 24.3 Å². The topological polar surface area (TPSA) is 29.5 Å². The summed E-state index contributed by atoms with van der Waals surface area (Å²) in [5, 5.41) is 0.0660. The van der Waals surface area contributed by atoms with E-state index in [1.54, 1.807) is 4.90 Å². The van der Waals surface area contributed by atoms with Gasteiger partial charge in [0, 0.05) is 18.7 Å². The van der Waals surface area contributed by atoms with E-state index >= 15 is 0 Å². The summed E-state index contributed by atoms with van der Waals surface area (Å²) in [6, 6.07) is 7.48. The van der Waals surface area contributed by atoms with Gasteiger partial charge in [-0.15, -0.1) is 11.6 Å². The van der Waals surface area contributed by atoms with Gasteiger partial charge in [0.25, 0.3) is 5.91 Å². The van der Waals surface area contributed by atoms with Crippen LogP contribution < -0.4 is 4.74 Å². The summed E-state index contributed by atoms with van der Waals surface area (Å²) >= 11 is 6.38. The van der Waals surface area contributed by atoms with E-state index in [1.807, 2.05) is 45.2 Å². The van der Waals surface area contributed by atoms with Gasteiger partial charge < -0.3 is 9.64 Å². The van der Waals surface area contributed by atoms with E-state index in [0.717, 1.165) is 31.4 Å². The summed E-state index contributed by atoms with van der Waals surface area (Å²) in [5.74, 6) is 0.820. The first-order valence-electron chi connectivity index (χ1n) is 7.67. The van der Waals surface area contributed by atoms with Crippen molar-refractivity contribution in [3.05, 3.63) is 29.8 Å². The van der Waals surface area contributed by atoms with Crippen molar-refractivity contribution in [1.82, 2.24) is 4.90 Å². The van der Waals surface area contributed by atoms with Crippen LogP contribution in [0.5, 0.6) is 5.75 Å². The average molecular weight is 310 g/mol. The third-order valence-electron chi connectivity index (χ3n) is 3.94. The minimum absolute atomic E-state index is 0.0312. The van der Waals surface area contributed by atoms with Gasteiger partial charge in [0.1, 0.15) is 5.75 Å². The lowest BCUT2D eigenvalue weighted by atomic mass is 9.93. The van der Waals surface area contributed by atoms with E-state index in [2.05, 4.69) is 0 Å². The number of nitrogens with zero attached hydrogens (tertiary/aromatic N) is 1. The molecule has 2 unspecified atom stereocenters. The number of rotatable bonds is 4. The first kappa shape index (κ1) is 16.2. The van der Waals surface area contributed by atoms with Crippen LogP contribution >= 0.6 is 11.6 Å². The highest BCUT2D eigenvalue weighted by Crippen LogP contribution is 2.27. The molecule has 0 saturated heterocycles. The molecule has 1 fully saturated rings. The molecule has 0 radical (unpaired) electrons. The fraction of sp³-hybridized carbons (Fsp3) is 0.588. The van der Waals surface area contributed by atoms with E-state index in [9.17, 15) is 4.79 Å². The molecule has 0 spiro atoms. The molecule has 0 heterocycles. The molecular formula is C17H24ClNO2. The molecule has 3 nitrogen and oxygen atoms in total. The summed E-state index contributed by atoms with van der Waals surface area (Å²) in [6.45, 7) is 3.97. The molecule has 0 N–H and O–H groups in total. The molecule has 0 aromatic heterocycles. The van der Waals surface area contributed by atoms with Gasteiger partial charge in [0.2, 0.25) is 0 Å². The van der Waals surface area contributed by atoms with Crippen LogP contribution in [0.25, 0.3) is 0 Å². The van der Waals surface area contributed by atoms with Crippen LogP contribution in [0.4, 0.5) is 0 Å². The molecule has 1 amide bonds. The van der Waals surface area contributed by atoms with Crippen LogP contribution in [0, 0.1) is 0 Å². The molecule has 1 aromatic rings. The SMILES string of the molecule is CC(C)Oc1ccc(C(=O)N(C)C2CCCCC2Cl)cc1. The second kappa shape index (κ2) is 7.17. The Labute approximate surface area is 132 Å². The number of ether oxygens (including phenoxy) is 1. The molecule has 1 aromatic carbocycles. The minimum Gasteiger partial charge on any atom is -0.491 e. The predicted molar refractivity (Wildman–Crippen MR) is 86.2 cm³/mol. The number of hydrogen-bond donors (Lipinski definition) is 0. The van der Waals surface area contributed by atoms with E-state index in [0.29, 0.717) is 5.56 Å². The summed E-state index contributed by atoms with van der Waals surface area (Å²) in [7, 11) is 1.85. The van der Waals surface area contributed by atoms with Crippen molar-refractivity contribution in [3.63, 3.8) is 0 Å².